The van der Waals surface area contributed by atoms with Gasteiger partial charge in [0.05, 0.1) is 34.3 Å². The maximum absolute atomic E-state index is 6.50. The molecule has 4 aromatic heterocycles. The molecule has 0 unspecified atom stereocenters. The molecule has 2 fully saturated rings. The summed E-state index contributed by atoms with van der Waals surface area (Å²) in [6, 6.07) is 8.47. The number of rotatable bonds is 5. The maximum atomic E-state index is 6.50. The molecule has 0 aromatic carbocycles. The van der Waals surface area contributed by atoms with Gasteiger partial charge in [-0.05, 0) is 49.3 Å². The second-order valence-electron chi connectivity index (χ2n) is 8.55. The van der Waals surface area contributed by atoms with Gasteiger partial charge in [0, 0.05) is 31.4 Å². The lowest BCUT2D eigenvalue weighted by Crippen LogP contribution is -2.37. The van der Waals surface area contributed by atoms with Crippen LogP contribution in [0.2, 0.25) is 0 Å². The molecule has 0 spiro atoms. The highest BCUT2D eigenvalue weighted by Crippen LogP contribution is 2.32. The first-order chi connectivity index (χ1) is 16.3. The quantitative estimate of drug-likeness (QED) is 0.471. The number of pyridine rings is 2. The van der Waals surface area contributed by atoms with Crippen molar-refractivity contribution in [1.82, 2.24) is 19.9 Å². The lowest BCUT2D eigenvalue weighted by molar-refractivity contribution is 0.122. The van der Waals surface area contributed by atoms with Crippen molar-refractivity contribution >= 4 is 44.1 Å². The van der Waals surface area contributed by atoms with Crippen LogP contribution in [0.5, 0.6) is 5.88 Å². The van der Waals surface area contributed by atoms with Crippen molar-refractivity contribution in [3.05, 3.63) is 42.2 Å². The lowest BCUT2D eigenvalue weighted by Gasteiger charge is -2.31. The van der Waals surface area contributed by atoms with Gasteiger partial charge in [-0.15, -0.1) is 11.3 Å². The van der Waals surface area contributed by atoms with Crippen LogP contribution in [0.4, 0.5) is 11.6 Å². The highest BCUT2D eigenvalue weighted by molar-refractivity contribution is 7.17. The van der Waals surface area contributed by atoms with Gasteiger partial charge in [-0.3, -0.25) is 4.98 Å². The Hall–Kier alpha value is -3.04. The van der Waals surface area contributed by atoms with E-state index in [-0.39, 0.29) is 6.10 Å². The molecule has 1 saturated carbocycles. The third-order valence-corrected chi connectivity index (χ3v) is 7.33. The largest absolute Gasteiger partial charge is 0.474 e. The molecule has 1 aliphatic carbocycles. The van der Waals surface area contributed by atoms with Gasteiger partial charge in [-0.1, -0.05) is 0 Å². The molecule has 0 atom stereocenters. The van der Waals surface area contributed by atoms with E-state index < -0.39 is 0 Å². The second kappa shape index (κ2) is 9.07. The van der Waals surface area contributed by atoms with Gasteiger partial charge in [0.25, 0.3) is 0 Å². The normalized spacial score (nSPS) is 21.4. The fourth-order valence-electron chi connectivity index (χ4n) is 4.64. The van der Waals surface area contributed by atoms with Gasteiger partial charge in [0.1, 0.15) is 24.1 Å². The lowest BCUT2D eigenvalue weighted by atomic mass is 9.93. The molecule has 1 aliphatic heterocycles. The Morgan fingerprint density at radius 2 is 1.91 bits per heavy atom. The Morgan fingerprint density at radius 3 is 2.79 bits per heavy atom. The zero-order valence-corrected chi connectivity index (χ0v) is 19.1. The van der Waals surface area contributed by atoms with Crippen molar-refractivity contribution in [2.24, 2.45) is 0 Å². The Balaban J connectivity index is 1.16. The van der Waals surface area contributed by atoms with Gasteiger partial charge in [-0.2, -0.15) is 4.98 Å². The Kier molecular flexibility index (Phi) is 5.65. The standard InChI is InChI=1S/C24H26N6O2S/c1-2-18-20(25-8-1)14-21(30-9-11-31-12-10-30)29-24(18)32-17-5-3-16(4-6-17)28-23-22-19(7-13-33-22)26-15-27-23/h1-2,7-8,13-17H,3-6,9-12H2,(H,26,27,28). The smallest absolute Gasteiger partial charge is 0.225 e. The van der Waals surface area contributed by atoms with Crippen molar-refractivity contribution in [2.75, 3.05) is 36.5 Å². The summed E-state index contributed by atoms with van der Waals surface area (Å²) in [7, 11) is 0. The topological polar surface area (TPSA) is 85.3 Å². The Bertz CT molecular complexity index is 1250. The minimum Gasteiger partial charge on any atom is -0.474 e. The van der Waals surface area contributed by atoms with Crippen molar-refractivity contribution in [1.29, 1.82) is 0 Å². The van der Waals surface area contributed by atoms with Gasteiger partial charge >= 0.3 is 0 Å². The van der Waals surface area contributed by atoms with Crippen molar-refractivity contribution in [2.45, 2.75) is 37.8 Å². The van der Waals surface area contributed by atoms with E-state index in [0.717, 1.165) is 84.7 Å². The van der Waals surface area contributed by atoms with E-state index in [1.807, 2.05) is 24.4 Å². The van der Waals surface area contributed by atoms with E-state index >= 15 is 0 Å². The summed E-state index contributed by atoms with van der Waals surface area (Å²) in [5.41, 5.74) is 1.92. The zero-order valence-electron chi connectivity index (χ0n) is 18.3. The average Bonchev–Trinajstić information content (AvgIpc) is 3.36. The van der Waals surface area contributed by atoms with E-state index in [1.54, 1.807) is 17.7 Å². The summed E-state index contributed by atoms with van der Waals surface area (Å²) in [6.07, 6.45) is 7.61. The molecule has 6 rings (SSSR count). The number of aromatic nitrogens is 4. The van der Waals surface area contributed by atoms with Gasteiger partial charge in [0.2, 0.25) is 5.88 Å². The number of hydrogen-bond donors (Lipinski definition) is 1. The van der Waals surface area contributed by atoms with Crippen LogP contribution >= 0.6 is 11.3 Å². The minimum atomic E-state index is 0.144. The first-order valence-electron chi connectivity index (χ1n) is 11.5. The molecule has 0 bridgehead atoms. The highest BCUT2D eigenvalue weighted by Gasteiger charge is 2.25. The van der Waals surface area contributed by atoms with Crippen molar-refractivity contribution < 1.29 is 9.47 Å². The molecule has 0 amide bonds. The number of ether oxygens (including phenoxy) is 2. The number of nitrogens with zero attached hydrogens (tertiary/aromatic N) is 5. The van der Waals surface area contributed by atoms with Crippen LogP contribution in [0.1, 0.15) is 25.7 Å². The third-order valence-electron chi connectivity index (χ3n) is 6.42. The molecule has 9 heteroatoms. The summed E-state index contributed by atoms with van der Waals surface area (Å²) < 4.78 is 13.1. The number of thiophene rings is 1. The van der Waals surface area contributed by atoms with E-state index in [4.69, 9.17) is 14.5 Å². The number of hydrogen-bond acceptors (Lipinski definition) is 9. The molecule has 1 saturated heterocycles. The van der Waals surface area contributed by atoms with Crippen LogP contribution in [-0.2, 0) is 4.74 Å². The number of anilines is 2. The molecule has 5 heterocycles. The molecule has 8 nitrogen and oxygen atoms in total. The van der Waals surface area contributed by atoms with Gasteiger partial charge in [-0.25, -0.2) is 9.97 Å². The SMILES string of the molecule is c1cnc2cc(N3CCOCC3)nc(OC3CCC(Nc4ncnc5ccsc45)CC3)c2c1. The van der Waals surface area contributed by atoms with E-state index in [0.29, 0.717) is 11.9 Å². The van der Waals surface area contributed by atoms with Crippen LogP contribution in [0, 0.1) is 0 Å². The molecule has 1 N–H and O–H groups in total. The van der Waals surface area contributed by atoms with E-state index in [2.05, 4.69) is 36.6 Å². The van der Waals surface area contributed by atoms with Crippen molar-refractivity contribution in [3.63, 3.8) is 0 Å². The molecular weight excluding hydrogens is 436 g/mol. The molecule has 2 aliphatic rings. The van der Waals surface area contributed by atoms with Crippen LogP contribution in [-0.4, -0.2) is 58.4 Å². The minimum absolute atomic E-state index is 0.144. The van der Waals surface area contributed by atoms with Crippen LogP contribution in [0.3, 0.4) is 0 Å². The Labute approximate surface area is 196 Å². The first kappa shape index (κ1) is 20.6. The predicted molar refractivity (Wildman–Crippen MR) is 130 cm³/mol. The van der Waals surface area contributed by atoms with Crippen LogP contribution in [0.15, 0.2) is 42.2 Å². The number of nitrogens with one attached hydrogen (secondary N) is 1. The fourth-order valence-corrected chi connectivity index (χ4v) is 5.44. The molecule has 0 radical (unpaired) electrons. The average molecular weight is 463 g/mol. The zero-order chi connectivity index (χ0) is 22.0. The summed E-state index contributed by atoms with van der Waals surface area (Å²) in [4.78, 5) is 20.5. The van der Waals surface area contributed by atoms with E-state index in [9.17, 15) is 0 Å². The summed E-state index contributed by atoms with van der Waals surface area (Å²) >= 11 is 1.68. The first-order valence-corrected chi connectivity index (χ1v) is 12.4. The molecule has 170 valence electrons. The highest BCUT2D eigenvalue weighted by atomic mass is 32.1. The van der Waals surface area contributed by atoms with Gasteiger partial charge < -0.3 is 19.7 Å². The fraction of sp³-hybridized carbons (Fsp3) is 0.417. The summed E-state index contributed by atoms with van der Waals surface area (Å²) in [5.74, 6) is 2.55. The number of morpholine rings is 1. The Morgan fingerprint density at radius 1 is 1.03 bits per heavy atom. The maximum Gasteiger partial charge on any atom is 0.225 e. The van der Waals surface area contributed by atoms with E-state index in [1.165, 1.54) is 0 Å². The number of fused-ring (bicyclic) bond motifs is 2. The second-order valence-corrected chi connectivity index (χ2v) is 9.46. The predicted octanol–water partition coefficient (Wildman–Crippen LogP) is 4.27. The van der Waals surface area contributed by atoms with Crippen LogP contribution in [0.25, 0.3) is 21.1 Å². The van der Waals surface area contributed by atoms with Crippen molar-refractivity contribution in [3.8, 4) is 5.88 Å². The monoisotopic (exact) mass is 462 g/mol. The van der Waals surface area contributed by atoms with Gasteiger partial charge in [0.15, 0.2) is 0 Å². The molecular formula is C24H26N6O2S. The third kappa shape index (κ3) is 4.30. The summed E-state index contributed by atoms with van der Waals surface area (Å²) in [5, 5.41) is 6.67. The summed E-state index contributed by atoms with van der Waals surface area (Å²) in [6.45, 7) is 3.11. The molecule has 33 heavy (non-hydrogen) atoms. The van der Waals surface area contributed by atoms with Crippen LogP contribution < -0.4 is 15.0 Å². The molecule has 4 aromatic rings.